The van der Waals surface area contributed by atoms with Gasteiger partial charge in [-0.05, 0) is 19.4 Å². The number of nitrogens with zero attached hydrogens (tertiary/aromatic N) is 5. The molecular weight excluding hydrogens is 228 g/mol. The van der Waals surface area contributed by atoms with Crippen LogP contribution in [0.1, 0.15) is 37.8 Å². The molecule has 0 amide bonds. The first-order valence-electron chi connectivity index (χ1n) is 6.28. The molecule has 1 N–H and O–H groups in total. The van der Waals surface area contributed by atoms with Gasteiger partial charge in [0, 0.05) is 25.8 Å². The highest BCUT2D eigenvalue weighted by Gasteiger charge is 2.04. The summed E-state index contributed by atoms with van der Waals surface area (Å²) in [5, 5.41) is 12.0. The summed E-state index contributed by atoms with van der Waals surface area (Å²) in [6, 6.07) is 2.50. The minimum absolute atomic E-state index is 0.455. The van der Waals surface area contributed by atoms with E-state index >= 15 is 0 Å². The maximum absolute atomic E-state index is 4.53. The van der Waals surface area contributed by atoms with Gasteiger partial charge in [0.2, 0.25) is 0 Å². The molecule has 6 heteroatoms. The van der Waals surface area contributed by atoms with Crippen LogP contribution in [-0.4, -0.2) is 24.5 Å². The lowest BCUT2D eigenvalue weighted by Gasteiger charge is -2.08. The van der Waals surface area contributed by atoms with Gasteiger partial charge in [-0.3, -0.25) is 9.36 Å². The number of aromatic nitrogens is 5. The van der Waals surface area contributed by atoms with Crippen LogP contribution in [0.5, 0.6) is 0 Å². The van der Waals surface area contributed by atoms with Gasteiger partial charge in [-0.2, -0.15) is 10.2 Å². The molecule has 0 saturated carbocycles. The maximum atomic E-state index is 4.53. The Morgan fingerprint density at radius 3 is 2.83 bits per heavy atom. The van der Waals surface area contributed by atoms with Crippen molar-refractivity contribution in [1.82, 2.24) is 29.9 Å². The zero-order chi connectivity index (χ0) is 13.0. The molecule has 0 aliphatic carbocycles. The summed E-state index contributed by atoms with van der Waals surface area (Å²) < 4.78 is 3.71. The molecule has 18 heavy (non-hydrogen) atoms. The Bertz CT molecular complexity index is 486. The summed E-state index contributed by atoms with van der Waals surface area (Å²) in [6.45, 7) is 5.73. The van der Waals surface area contributed by atoms with Crippen LogP contribution in [0.15, 0.2) is 18.6 Å². The standard InChI is InChI=1S/C12H20N6/c1-4-10(2)18-6-5-11(15-18)7-13-8-12-14-9-17(3)16-12/h5-6,9-10,13H,4,7-8H2,1-3H3. The van der Waals surface area contributed by atoms with Gasteiger partial charge in [-0.15, -0.1) is 0 Å². The number of hydrogen-bond acceptors (Lipinski definition) is 4. The monoisotopic (exact) mass is 248 g/mol. The van der Waals surface area contributed by atoms with Crippen LogP contribution in [0.25, 0.3) is 0 Å². The van der Waals surface area contributed by atoms with Crippen molar-refractivity contribution in [2.45, 2.75) is 39.4 Å². The molecule has 0 bridgehead atoms. The third-order valence-electron chi connectivity index (χ3n) is 2.94. The Hall–Kier alpha value is -1.69. The van der Waals surface area contributed by atoms with Gasteiger partial charge >= 0.3 is 0 Å². The second-order valence-corrected chi connectivity index (χ2v) is 4.48. The molecule has 0 aliphatic heterocycles. The van der Waals surface area contributed by atoms with Crippen molar-refractivity contribution < 1.29 is 0 Å². The molecule has 0 saturated heterocycles. The van der Waals surface area contributed by atoms with Crippen molar-refractivity contribution in [2.24, 2.45) is 7.05 Å². The average Bonchev–Trinajstić information content (AvgIpc) is 2.98. The molecule has 2 heterocycles. The molecule has 2 aromatic heterocycles. The summed E-state index contributed by atoms with van der Waals surface area (Å²) in [6.07, 6.45) is 4.82. The van der Waals surface area contributed by atoms with E-state index in [-0.39, 0.29) is 0 Å². The quantitative estimate of drug-likeness (QED) is 0.836. The Kier molecular flexibility index (Phi) is 4.09. The Morgan fingerprint density at radius 1 is 1.33 bits per heavy atom. The van der Waals surface area contributed by atoms with Crippen LogP contribution >= 0.6 is 0 Å². The molecule has 2 aromatic rings. The molecular formula is C12H20N6. The van der Waals surface area contributed by atoms with Crippen molar-refractivity contribution in [1.29, 1.82) is 0 Å². The van der Waals surface area contributed by atoms with E-state index in [1.165, 1.54) is 0 Å². The third kappa shape index (κ3) is 3.16. The SMILES string of the molecule is CCC(C)n1ccc(CNCc2ncn(C)n2)n1. The first-order chi connectivity index (χ1) is 8.69. The minimum Gasteiger partial charge on any atom is -0.304 e. The van der Waals surface area contributed by atoms with E-state index in [0.29, 0.717) is 12.6 Å². The zero-order valence-corrected chi connectivity index (χ0v) is 11.2. The summed E-state index contributed by atoms with van der Waals surface area (Å²) in [4.78, 5) is 4.16. The van der Waals surface area contributed by atoms with E-state index in [9.17, 15) is 0 Å². The van der Waals surface area contributed by atoms with E-state index in [0.717, 1.165) is 24.5 Å². The van der Waals surface area contributed by atoms with Gasteiger partial charge in [0.15, 0.2) is 5.82 Å². The predicted octanol–water partition coefficient (Wildman–Crippen LogP) is 1.27. The predicted molar refractivity (Wildman–Crippen MR) is 68.8 cm³/mol. The van der Waals surface area contributed by atoms with Crippen molar-refractivity contribution in [2.75, 3.05) is 0 Å². The van der Waals surface area contributed by atoms with Gasteiger partial charge in [-0.1, -0.05) is 6.92 Å². The molecule has 98 valence electrons. The van der Waals surface area contributed by atoms with Crippen LogP contribution in [-0.2, 0) is 20.1 Å². The lowest BCUT2D eigenvalue weighted by atomic mass is 10.3. The lowest BCUT2D eigenvalue weighted by Crippen LogP contribution is -2.15. The smallest absolute Gasteiger partial charge is 0.164 e. The van der Waals surface area contributed by atoms with Gasteiger partial charge in [0.1, 0.15) is 6.33 Å². The largest absolute Gasteiger partial charge is 0.304 e. The van der Waals surface area contributed by atoms with E-state index in [1.54, 1.807) is 11.0 Å². The molecule has 1 unspecified atom stereocenters. The molecule has 0 radical (unpaired) electrons. The fourth-order valence-electron chi connectivity index (χ4n) is 1.67. The highest BCUT2D eigenvalue weighted by Crippen LogP contribution is 2.08. The van der Waals surface area contributed by atoms with Crippen LogP contribution < -0.4 is 5.32 Å². The van der Waals surface area contributed by atoms with Crippen LogP contribution in [0.3, 0.4) is 0 Å². The van der Waals surface area contributed by atoms with E-state index < -0.39 is 0 Å². The highest BCUT2D eigenvalue weighted by atomic mass is 15.3. The molecule has 0 fully saturated rings. The fraction of sp³-hybridized carbons (Fsp3) is 0.583. The number of hydrogen-bond donors (Lipinski definition) is 1. The van der Waals surface area contributed by atoms with Gasteiger partial charge < -0.3 is 5.32 Å². The topological polar surface area (TPSA) is 60.6 Å². The molecule has 0 aromatic carbocycles. The molecule has 1 atom stereocenters. The Balaban J connectivity index is 1.81. The summed E-state index contributed by atoms with van der Waals surface area (Å²) >= 11 is 0. The minimum atomic E-state index is 0.455. The van der Waals surface area contributed by atoms with Crippen molar-refractivity contribution in [3.8, 4) is 0 Å². The third-order valence-corrected chi connectivity index (χ3v) is 2.94. The molecule has 0 aliphatic rings. The van der Waals surface area contributed by atoms with E-state index in [4.69, 9.17) is 0 Å². The Labute approximate surface area is 107 Å². The summed E-state index contributed by atoms with van der Waals surface area (Å²) in [5.74, 6) is 0.804. The van der Waals surface area contributed by atoms with Gasteiger partial charge in [-0.25, -0.2) is 4.98 Å². The summed E-state index contributed by atoms with van der Waals surface area (Å²) in [5.41, 5.74) is 1.05. The van der Waals surface area contributed by atoms with Crippen LogP contribution in [0, 0.1) is 0 Å². The lowest BCUT2D eigenvalue weighted by molar-refractivity contribution is 0.471. The summed E-state index contributed by atoms with van der Waals surface area (Å²) in [7, 11) is 1.87. The average molecular weight is 248 g/mol. The van der Waals surface area contributed by atoms with Crippen molar-refractivity contribution >= 4 is 0 Å². The van der Waals surface area contributed by atoms with Gasteiger partial charge in [0.25, 0.3) is 0 Å². The number of rotatable bonds is 6. The second kappa shape index (κ2) is 5.77. The van der Waals surface area contributed by atoms with E-state index in [2.05, 4.69) is 34.3 Å². The molecule has 6 nitrogen and oxygen atoms in total. The van der Waals surface area contributed by atoms with Crippen molar-refractivity contribution in [3.63, 3.8) is 0 Å². The zero-order valence-electron chi connectivity index (χ0n) is 11.2. The van der Waals surface area contributed by atoms with Crippen molar-refractivity contribution in [3.05, 3.63) is 30.1 Å². The van der Waals surface area contributed by atoms with Crippen LogP contribution in [0.4, 0.5) is 0 Å². The fourth-order valence-corrected chi connectivity index (χ4v) is 1.67. The number of nitrogens with one attached hydrogen (secondary N) is 1. The van der Waals surface area contributed by atoms with E-state index in [1.807, 2.05) is 24.0 Å². The normalized spacial score (nSPS) is 12.8. The first kappa shape index (κ1) is 12.8. The van der Waals surface area contributed by atoms with Crippen LogP contribution in [0.2, 0.25) is 0 Å². The number of aryl methyl sites for hydroxylation is 1. The molecule has 2 rings (SSSR count). The second-order valence-electron chi connectivity index (χ2n) is 4.48. The Morgan fingerprint density at radius 2 is 2.17 bits per heavy atom. The maximum Gasteiger partial charge on any atom is 0.164 e. The first-order valence-corrected chi connectivity index (χ1v) is 6.28. The van der Waals surface area contributed by atoms with Gasteiger partial charge in [0.05, 0.1) is 12.2 Å². The molecule has 0 spiro atoms. The highest BCUT2D eigenvalue weighted by molar-refractivity contribution is 4.99.